The average Bonchev–Trinajstić information content (AvgIpc) is 2.74. The summed E-state index contributed by atoms with van der Waals surface area (Å²) in [7, 11) is -3.79. The molecule has 0 spiro atoms. The van der Waals surface area contributed by atoms with Crippen LogP contribution >= 0.6 is 11.6 Å². The van der Waals surface area contributed by atoms with Crippen LogP contribution in [0.25, 0.3) is 0 Å². The number of hydrogen-bond acceptors (Lipinski definition) is 4. The van der Waals surface area contributed by atoms with Crippen LogP contribution in [0.1, 0.15) is 59.6 Å². The third-order valence-electron chi connectivity index (χ3n) is 5.66. The lowest BCUT2D eigenvalue weighted by Crippen LogP contribution is -2.54. The number of sulfonamides is 1. The number of nitrogens with zero attached hydrogens (tertiary/aromatic N) is 2. The van der Waals surface area contributed by atoms with E-state index in [-0.39, 0.29) is 17.9 Å². The third-order valence-corrected chi connectivity index (χ3v) is 7.17. The molecule has 1 N–H and O–H groups in total. The van der Waals surface area contributed by atoms with E-state index in [9.17, 15) is 18.0 Å². The molecular weight excluding hydrogens is 498 g/mol. The van der Waals surface area contributed by atoms with E-state index in [0.29, 0.717) is 16.3 Å². The van der Waals surface area contributed by atoms with E-state index in [1.807, 2.05) is 32.9 Å². The second kappa shape index (κ2) is 11.2. The molecule has 0 aliphatic heterocycles. The quantitative estimate of drug-likeness (QED) is 0.529. The van der Waals surface area contributed by atoms with Crippen molar-refractivity contribution in [3.05, 3.63) is 64.7 Å². The minimum Gasteiger partial charge on any atom is -0.350 e. The minimum absolute atomic E-state index is 0.0534. The summed E-state index contributed by atoms with van der Waals surface area (Å²) in [6, 6.07) is 13.3. The first-order chi connectivity index (χ1) is 16.4. The van der Waals surface area contributed by atoms with Gasteiger partial charge in [-0.3, -0.25) is 13.9 Å². The first-order valence-corrected chi connectivity index (χ1v) is 14.1. The second-order valence-corrected chi connectivity index (χ2v) is 13.4. The molecular formula is C27H38ClN3O4S. The zero-order chi connectivity index (χ0) is 27.5. The predicted molar refractivity (Wildman–Crippen MR) is 147 cm³/mol. The molecule has 0 aliphatic rings. The molecule has 2 aromatic rings. The van der Waals surface area contributed by atoms with Crippen LogP contribution < -0.4 is 9.62 Å². The third kappa shape index (κ3) is 8.23. The summed E-state index contributed by atoms with van der Waals surface area (Å²) in [5.74, 6) is -0.861. The van der Waals surface area contributed by atoms with Crippen LogP contribution in [0, 0.1) is 0 Å². The molecule has 9 heteroatoms. The Hall–Kier alpha value is -2.58. The molecule has 0 saturated carbocycles. The zero-order valence-corrected chi connectivity index (χ0v) is 24.0. The first-order valence-electron chi connectivity index (χ1n) is 11.8. The van der Waals surface area contributed by atoms with Gasteiger partial charge in [0.1, 0.15) is 12.6 Å². The maximum absolute atomic E-state index is 13.6. The van der Waals surface area contributed by atoms with E-state index in [1.165, 1.54) is 4.90 Å². The van der Waals surface area contributed by atoms with Crippen molar-refractivity contribution in [2.45, 2.75) is 72.0 Å². The fourth-order valence-electron chi connectivity index (χ4n) is 3.61. The molecule has 2 rings (SSSR count). The van der Waals surface area contributed by atoms with Gasteiger partial charge in [-0.05, 0) is 62.4 Å². The topological polar surface area (TPSA) is 86.8 Å². The van der Waals surface area contributed by atoms with Gasteiger partial charge in [0.05, 0.1) is 11.9 Å². The largest absolute Gasteiger partial charge is 0.350 e. The number of rotatable bonds is 8. The van der Waals surface area contributed by atoms with Crippen LogP contribution in [0.2, 0.25) is 5.02 Å². The molecule has 2 amide bonds. The normalized spacial score (nSPS) is 13.1. The number of benzene rings is 2. The van der Waals surface area contributed by atoms with Gasteiger partial charge in [0.15, 0.2) is 0 Å². The van der Waals surface area contributed by atoms with Crippen molar-refractivity contribution < 1.29 is 18.0 Å². The Morgan fingerprint density at radius 1 is 0.972 bits per heavy atom. The molecule has 0 aromatic heterocycles. The van der Waals surface area contributed by atoms with E-state index in [1.54, 1.807) is 43.3 Å². The molecule has 36 heavy (non-hydrogen) atoms. The van der Waals surface area contributed by atoms with Crippen LogP contribution in [0.3, 0.4) is 0 Å². The molecule has 1 atom stereocenters. The van der Waals surface area contributed by atoms with Gasteiger partial charge in [0.2, 0.25) is 21.8 Å². The van der Waals surface area contributed by atoms with E-state index < -0.39 is 34.1 Å². The van der Waals surface area contributed by atoms with Gasteiger partial charge in [0.25, 0.3) is 0 Å². The zero-order valence-electron chi connectivity index (χ0n) is 22.4. The van der Waals surface area contributed by atoms with Crippen molar-refractivity contribution in [3.8, 4) is 0 Å². The minimum atomic E-state index is -3.79. The summed E-state index contributed by atoms with van der Waals surface area (Å²) >= 11 is 6.34. The second-order valence-electron chi connectivity index (χ2n) is 11.1. The van der Waals surface area contributed by atoms with Crippen LogP contribution in [-0.2, 0) is 31.6 Å². The highest BCUT2D eigenvalue weighted by molar-refractivity contribution is 7.92. The fourth-order valence-corrected chi connectivity index (χ4v) is 4.65. The number of amides is 2. The maximum atomic E-state index is 13.6. The number of halogens is 1. The Morgan fingerprint density at radius 2 is 1.53 bits per heavy atom. The lowest BCUT2D eigenvalue weighted by Gasteiger charge is -2.33. The smallest absolute Gasteiger partial charge is 0.244 e. The average molecular weight is 536 g/mol. The Bertz CT molecular complexity index is 1180. The predicted octanol–water partition coefficient (Wildman–Crippen LogP) is 4.74. The fraction of sp³-hybridized carbons (Fsp3) is 0.481. The molecule has 0 bridgehead atoms. The SMILES string of the molecule is CC(C(=O)NC(C)(C)C)N(Cc1ccccc1Cl)C(=O)CN(c1ccc(C(C)(C)C)cc1)S(C)(=O)=O. The number of anilines is 1. The van der Waals surface area contributed by atoms with Gasteiger partial charge in [0, 0.05) is 17.1 Å². The van der Waals surface area contributed by atoms with Crippen LogP contribution in [-0.4, -0.2) is 49.5 Å². The first kappa shape index (κ1) is 29.6. The maximum Gasteiger partial charge on any atom is 0.244 e. The molecule has 2 aromatic carbocycles. The Morgan fingerprint density at radius 3 is 2.00 bits per heavy atom. The van der Waals surface area contributed by atoms with E-state index in [4.69, 9.17) is 11.6 Å². The molecule has 0 heterocycles. The van der Waals surface area contributed by atoms with Crippen molar-refractivity contribution >= 4 is 39.1 Å². The summed E-state index contributed by atoms with van der Waals surface area (Å²) in [4.78, 5) is 28.0. The lowest BCUT2D eigenvalue weighted by molar-refractivity contribution is -0.140. The summed E-state index contributed by atoms with van der Waals surface area (Å²) in [6.07, 6.45) is 1.06. The highest BCUT2D eigenvalue weighted by Gasteiger charge is 2.31. The van der Waals surface area contributed by atoms with Crippen LogP contribution in [0.15, 0.2) is 48.5 Å². The lowest BCUT2D eigenvalue weighted by atomic mass is 9.87. The molecule has 0 radical (unpaired) electrons. The number of carbonyl (C=O) groups excluding carboxylic acids is 2. The summed E-state index contributed by atoms with van der Waals surface area (Å²) in [5.41, 5.74) is 1.47. The molecule has 0 fully saturated rings. The Labute approximate surface area is 220 Å². The summed E-state index contributed by atoms with van der Waals surface area (Å²) in [6.45, 7) is 13.0. The van der Waals surface area contributed by atoms with Gasteiger partial charge in [-0.2, -0.15) is 0 Å². The van der Waals surface area contributed by atoms with Crippen molar-refractivity contribution in [2.24, 2.45) is 0 Å². The van der Waals surface area contributed by atoms with Gasteiger partial charge >= 0.3 is 0 Å². The van der Waals surface area contributed by atoms with Crippen LogP contribution in [0.5, 0.6) is 0 Å². The molecule has 7 nitrogen and oxygen atoms in total. The van der Waals surface area contributed by atoms with Crippen molar-refractivity contribution in [2.75, 3.05) is 17.1 Å². The van der Waals surface area contributed by atoms with E-state index in [0.717, 1.165) is 16.1 Å². The molecule has 0 aliphatic carbocycles. The van der Waals surface area contributed by atoms with Crippen molar-refractivity contribution in [3.63, 3.8) is 0 Å². The van der Waals surface area contributed by atoms with Crippen molar-refractivity contribution in [1.82, 2.24) is 10.2 Å². The Balaban J connectivity index is 2.43. The highest BCUT2D eigenvalue weighted by Crippen LogP contribution is 2.26. The van der Waals surface area contributed by atoms with E-state index >= 15 is 0 Å². The monoisotopic (exact) mass is 535 g/mol. The molecule has 1 unspecified atom stereocenters. The molecule has 198 valence electrons. The number of carbonyl (C=O) groups is 2. The van der Waals surface area contributed by atoms with Gasteiger partial charge < -0.3 is 10.2 Å². The van der Waals surface area contributed by atoms with Gasteiger partial charge in [-0.1, -0.05) is 62.7 Å². The molecule has 0 saturated heterocycles. The number of nitrogens with one attached hydrogen (secondary N) is 1. The highest BCUT2D eigenvalue weighted by atomic mass is 35.5. The standard InChI is InChI=1S/C27H38ClN3O4S/c1-19(25(33)29-27(5,6)7)30(17-20-11-9-10-12-23(20)28)24(32)18-31(36(8,34)35)22-15-13-21(14-16-22)26(2,3)4/h9-16,19H,17-18H2,1-8H3,(H,29,33). The van der Waals surface area contributed by atoms with Gasteiger partial charge in [-0.15, -0.1) is 0 Å². The van der Waals surface area contributed by atoms with Gasteiger partial charge in [-0.25, -0.2) is 8.42 Å². The van der Waals surface area contributed by atoms with E-state index in [2.05, 4.69) is 26.1 Å². The van der Waals surface area contributed by atoms with Crippen LogP contribution in [0.4, 0.5) is 5.69 Å². The Kier molecular flexibility index (Phi) is 9.24. The summed E-state index contributed by atoms with van der Waals surface area (Å²) < 4.78 is 26.5. The van der Waals surface area contributed by atoms with Crippen molar-refractivity contribution in [1.29, 1.82) is 0 Å². The summed E-state index contributed by atoms with van der Waals surface area (Å²) in [5, 5.41) is 3.35. The number of hydrogen-bond donors (Lipinski definition) is 1.